The Morgan fingerprint density at radius 1 is 1.42 bits per heavy atom. The van der Waals surface area contributed by atoms with E-state index < -0.39 is 6.10 Å². The highest BCUT2D eigenvalue weighted by Crippen LogP contribution is 2.29. The first-order valence-electron chi connectivity index (χ1n) is 6.10. The van der Waals surface area contributed by atoms with Crippen LogP contribution in [0.15, 0.2) is 23.8 Å². The molecule has 0 spiro atoms. The zero-order chi connectivity index (χ0) is 14.0. The van der Waals surface area contributed by atoms with E-state index in [-0.39, 0.29) is 5.41 Å². The zero-order valence-electron chi connectivity index (χ0n) is 11.2. The van der Waals surface area contributed by atoms with Gasteiger partial charge in [-0.15, -0.1) is 11.3 Å². The number of nitrogens with zero attached hydrogens (tertiary/aromatic N) is 2. The van der Waals surface area contributed by atoms with Gasteiger partial charge in [0.25, 0.3) is 0 Å². The Balaban J connectivity index is 2.15. The van der Waals surface area contributed by atoms with Crippen LogP contribution < -0.4 is 0 Å². The fraction of sp³-hybridized carbons (Fsp3) is 0.429. The second-order valence-corrected chi connectivity index (χ2v) is 6.78. The number of thiazole rings is 1. The average molecular weight is 297 g/mol. The molecule has 5 heteroatoms. The molecule has 2 heterocycles. The fourth-order valence-corrected chi connectivity index (χ4v) is 2.82. The smallest absolute Gasteiger partial charge is 0.101 e. The molecule has 0 aromatic carbocycles. The molecule has 19 heavy (non-hydrogen) atoms. The van der Waals surface area contributed by atoms with Crippen molar-refractivity contribution in [3.8, 4) is 0 Å². The first-order valence-corrected chi connectivity index (χ1v) is 7.36. The molecule has 0 radical (unpaired) electrons. The molecule has 0 saturated carbocycles. The van der Waals surface area contributed by atoms with E-state index in [4.69, 9.17) is 11.6 Å². The molecule has 0 amide bonds. The molecule has 0 bridgehead atoms. The van der Waals surface area contributed by atoms with Crippen LogP contribution in [0, 0.1) is 0 Å². The van der Waals surface area contributed by atoms with E-state index in [1.54, 1.807) is 23.7 Å². The summed E-state index contributed by atoms with van der Waals surface area (Å²) in [5.74, 6) is 0. The van der Waals surface area contributed by atoms with E-state index in [0.717, 1.165) is 10.6 Å². The number of aliphatic hydroxyl groups is 1. The number of pyridine rings is 1. The van der Waals surface area contributed by atoms with Gasteiger partial charge in [-0.3, -0.25) is 4.98 Å². The maximum atomic E-state index is 10.2. The summed E-state index contributed by atoms with van der Waals surface area (Å²) in [6, 6.07) is 1.82. The number of aromatic nitrogens is 2. The zero-order valence-corrected chi connectivity index (χ0v) is 12.8. The molecule has 1 N–H and O–H groups in total. The minimum atomic E-state index is -0.632. The molecule has 1 atom stereocenters. The normalized spacial score (nSPS) is 13.5. The Bertz CT molecular complexity index is 563. The van der Waals surface area contributed by atoms with Gasteiger partial charge in [-0.05, 0) is 11.6 Å². The number of hydrogen-bond acceptors (Lipinski definition) is 4. The van der Waals surface area contributed by atoms with Gasteiger partial charge >= 0.3 is 0 Å². The maximum Gasteiger partial charge on any atom is 0.101 e. The highest BCUT2D eigenvalue weighted by Gasteiger charge is 2.21. The van der Waals surface area contributed by atoms with Crippen molar-refractivity contribution in [3.63, 3.8) is 0 Å². The van der Waals surface area contributed by atoms with Crippen molar-refractivity contribution < 1.29 is 5.11 Å². The quantitative estimate of drug-likeness (QED) is 0.938. The van der Waals surface area contributed by atoms with E-state index >= 15 is 0 Å². The van der Waals surface area contributed by atoms with Crippen molar-refractivity contribution in [2.75, 3.05) is 0 Å². The standard InChI is InChI=1S/C14H17ClN2OS/c1-14(2,3)13-17-11(8-19-13)12(18)6-9-4-5-16-7-10(9)15/h4-5,7-8,12,18H,6H2,1-3H3. The number of halogens is 1. The second kappa shape index (κ2) is 5.57. The largest absolute Gasteiger partial charge is 0.386 e. The Labute approximate surface area is 122 Å². The van der Waals surface area contributed by atoms with Crippen molar-refractivity contribution in [2.45, 2.75) is 38.7 Å². The van der Waals surface area contributed by atoms with Gasteiger partial charge in [0.2, 0.25) is 0 Å². The van der Waals surface area contributed by atoms with Gasteiger partial charge in [0.15, 0.2) is 0 Å². The van der Waals surface area contributed by atoms with Crippen LogP contribution in [0.4, 0.5) is 0 Å². The average Bonchev–Trinajstić information content (AvgIpc) is 2.81. The number of hydrogen-bond donors (Lipinski definition) is 1. The van der Waals surface area contributed by atoms with Crippen LogP contribution in [0.5, 0.6) is 0 Å². The van der Waals surface area contributed by atoms with Crippen molar-refractivity contribution in [1.82, 2.24) is 9.97 Å². The summed E-state index contributed by atoms with van der Waals surface area (Å²) < 4.78 is 0. The van der Waals surface area contributed by atoms with Crippen LogP contribution in [-0.4, -0.2) is 15.1 Å². The van der Waals surface area contributed by atoms with E-state index in [0.29, 0.717) is 17.1 Å². The molecular weight excluding hydrogens is 280 g/mol. The molecule has 0 fully saturated rings. The van der Waals surface area contributed by atoms with Crippen LogP contribution in [0.2, 0.25) is 5.02 Å². The SMILES string of the molecule is CC(C)(C)c1nc(C(O)Cc2ccncc2Cl)cs1. The molecule has 0 saturated heterocycles. The molecule has 102 valence electrons. The minimum absolute atomic E-state index is 0.0109. The van der Waals surface area contributed by atoms with E-state index in [1.165, 1.54) is 0 Å². The number of rotatable bonds is 3. The molecule has 0 aliphatic rings. The molecule has 2 aromatic heterocycles. The van der Waals surface area contributed by atoms with Gasteiger partial charge in [0, 0.05) is 29.6 Å². The van der Waals surface area contributed by atoms with Crippen molar-refractivity contribution >= 4 is 22.9 Å². The highest BCUT2D eigenvalue weighted by molar-refractivity contribution is 7.09. The Morgan fingerprint density at radius 3 is 2.74 bits per heavy atom. The molecule has 0 aliphatic carbocycles. The molecule has 2 rings (SSSR count). The lowest BCUT2D eigenvalue weighted by Crippen LogP contribution is -2.11. The summed E-state index contributed by atoms with van der Waals surface area (Å²) in [5.41, 5.74) is 1.61. The summed E-state index contributed by atoms with van der Waals surface area (Å²) in [5, 5.41) is 13.8. The van der Waals surface area contributed by atoms with E-state index in [1.807, 2.05) is 11.4 Å². The molecule has 3 nitrogen and oxygen atoms in total. The van der Waals surface area contributed by atoms with Gasteiger partial charge in [0.1, 0.15) is 6.10 Å². The van der Waals surface area contributed by atoms with Gasteiger partial charge in [-0.1, -0.05) is 32.4 Å². The second-order valence-electron chi connectivity index (χ2n) is 5.51. The van der Waals surface area contributed by atoms with E-state index in [9.17, 15) is 5.11 Å². The summed E-state index contributed by atoms with van der Waals surface area (Å²) in [7, 11) is 0. The third-order valence-electron chi connectivity index (χ3n) is 2.77. The van der Waals surface area contributed by atoms with Gasteiger partial charge in [-0.25, -0.2) is 4.98 Å². The van der Waals surface area contributed by atoms with Crippen LogP contribution >= 0.6 is 22.9 Å². The lowest BCUT2D eigenvalue weighted by Gasteiger charge is -2.14. The maximum absolute atomic E-state index is 10.2. The third-order valence-corrected chi connectivity index (χ3v) is 4.40. The first-order chi connectivity index (χ1) is 8.88. The topological polar surface area (TPSA) is 46.0 Å². The van der Waals surface area contributed by atoms with Crippen LogP contribution in [-0.2, 0) is 11.8 Å². The predicted octanol–water partition coefficient (Wildman–Crippen LogP) is 3.77. The van der Waals surface area contributed by atoms with Crippen LogP contribution in [0.25, 0.3) is 0 Å². The molecule has 2 aromatic rings. The van der Waals surface area contributed by atoms with Crippen molar-refractivity contribution in [2.24, 2.45) is 0 Å². The van der Waals surface area contributed by atoms with E-state index in [2.05, 4.69) is 30.7 Å². The summed E-state index contributed by atoms with van der Waals surface area (Å²) >= 11 is 7.63. The van der Waals surface area contributed by atoms with Gasteiger partial charge < -0.3 is 5.11 Å². The number of aliphatic hydroxyl groups excluding tert-OH is 1. The first kappa shape index (κ1) is 14.4. The Morgan fingerprint density at radius 2 is 2.16 bits per heavy atom. The molecule has 1 unspecified atom stereocenters. The molecule has 0 aliphatic heterocycles. The summed E-state index contributed by atoms with van der Waals surface area (Å²) in [4.78, 5) is 8.45. The Hall–Kier alpha value is -0.970. The summed E-state index contributed by atoms with van der Waals surface area (Å²) in [6.45, 7) is 6.34. The predicted molar refractivity (Wildman–Crippen MR) is 78.7 cm³/mol. The van der Waals surface area contributed by atoms with Crippen LogP contribution in [0.1, 0.15) is 43.1 Å². The van der Waals surface area contributed by atoms with Gasteiger partial charge in [0.05, 0.1) is 15.7 Å². The highest BCUT2D eigenvalue weighted by atomic mass is 35.5. The summed E-state index contributed by atoms with van der Waals surface area (Å²) in [6.07, 6.45) is 3.09. The lowest BCUT2D eigenvalue weighted by atomic mass is 9.98. The Kier molecular flexibility index (Phi) is 4.23. The monoisotopic (exact) mass is 296 g/mol. The van der Waals surface area contributed by atoms with Crippen molar-refractivity contribution in [3.05, 3.63) is 45.1 Å². The minimum Gasteiger partial charge on any atom is -0.386 e. The molecular formula is C14H17ClN2OS. The van der Waals surface area contributed by atoms with Crippen LogP contribution in [0.3, 0.4) is 0 Å². The third kappa shape index (κ3) is 3.53. The van der Waals surface area contributed by atoms with Gasteiger partial charge in [-0.2, -0.15) is 0 Å². The fourth-order valence-electron chi connectivity index (χ4n) is 1.67. The van der Waals surface area contributed by atoms with Crippen molar-refractivity contribution in [1.29, 1.82) is 0 Å². The lowest BCUT2D eigenvalue weighted by molar-refractivity contribution is 0.174.